The van der Waals surface area contributed by atoms with Crippen LogP contribution in [0.4, 0.5) is 4.39 Å². The number of piperidine rings is 1. The van der Waals surface area contributed by atoms with Gasteiger partial charge >= 0.3 is 0 Å². The Morgan fingerprint density at radius 2 is 2.04 bits per heavy atom. The minimum atomic E-state index is -3.76. The number of aryl methyl sites for hydroxylation is 1. The van der Waals surface area contributed by atoms with Crippen molar-refractivity contribution in [1.29, 1.82) is 0 Å². The Bertz CT molecular complexity index is 898. The molecular formula is C17H24ClFN4O2S. The van der Waals surface area contributed by atoms with Gasteiger partial charge in [0.25, 0.3) is 0 Å². The second-order valence-corrected chi connectivity index (χ2v) is 9.24. The number of nitrogens with two attached hydrogens (primary N) is 1. The smallest absolute Gasteiger partial charge is 0.243 e. The van der Waals surface area contributed by atoms with Crippen molar-refractivity contribution < 1.29 is 12.8 Å². The summed E-state index contributed by atoms with van der Waals surface area (Å²) in [6.07, 6.45) is 3.88. The first-order chi connectivity index (χ1) is 11.6. The van der Waals surface area contributed by atoms with E-state index in [0.29, 0.717) is 19.5 Å². The number of rotatable bonds is 3. The second kappa shape index (κ2) is 7.26. The highest BCUT2D eigenvalue weighted by Crippen LogP contribution is 2.31. The molecule has 1 fully saturated rings. The van der Waals surface area contributed by atoms with E-state index in [9.17, 15) is 12.8 Å². The number of aromatic nitrogens is 2. The summed E-state index contributed by atoms with van der Waals surface area (Å²) in [6, 6.07) is 3.87. The summed E-state index contributed by atoms with van der Waals surface area (Å²) in [7, 11) is -3.76. The van der Waals surface area contributed by atoms with Crippen LogP contribution in [0.5, 0.6) is 0 Å². The molecule has 3 rings (SSSR count). The van der Waals surface area contributed by atoms with Crippen LogP contribution in [0.25, 0.3) is 5.69 Å². The van der Waals surface area contributed by atoms with Gasteiger partial charge in [-0.15, -0.1) is 12.4 Å². The molecule has 144 valence electrons. The minimum Gasteiger partial charge on any atom is -0.327 e. The van der Waals surface area contributed by atoms with E-state index in [1.165, 1.54) is 21.1 Å². The quantitative estimate of drug-likeness (QED) is 0.855. The molecule has 1 atom stereocenters. The summed E-state index contributed by atoms with van der Waals surface area (Å²) in [5, 5.41) is 4.06. The number of halogens is 2. The number of nitrogens with zero attached hydrogens (tertiary/aromatic N) is 3. The standard InChI is InChI=1S/C17H23FN4O2S.ClH/c1-12-9-20-22(10-12)15-5-4-13(8-14(15)18)25(23,24)21-7-6-16(19)17(2,3)11-21;/h4-5,8-10,16H,6-7,11,19H2,1-3H3;1H. The molecule has 1 aromatic carbocycles. The summed E-state index contributed by atoms with van der Waals surface area (Å²) in [5.74, 6) is -0.628. The second-order valence-electron chi connectivity index (χ2n) is 7.30. The molecule has 0 amide bonds. The zero-order valence-corrected chi connectivity index (χ0v) is 16.6. The fourth-order valence-corrected chi connectivity index (χ4v) is 4.70. The largest absolute Gasteiger partial charge is 0.327 e. The van der Waals surface area contributed by atoms with Crippen molar-refractivity contribution in [2.75, 3.05) is 13.1 Å². The van der Waals surface area contributed by atoms with Crippen molar-refractivity contribution in [2.24, 2.45) is 11.1 Å². The highest BCUT2D eigenvalue weighted by Gasteiger charge is 2.39. The molecule has 0 spiro atoms. The Morgan fingerprint density at radius 3 is 2.58 bits per heavy atom. The Hall–Kier alpha value is -1.48. The molecule has 2 N–H and O–H groups in total. The molecule has 0 saturated carbocycles. The van der Waals surface area contributed by atoms with Gasteiger partial charge in [-0.25, -0.2) is 17.5 Å². The van der Waals surface area contributed by atoms with E-state index >= 15 is 0 Å². The molecular weight excluding hydrogens is 379 g/mol. The lowest BCUT2D eigenvalue weighted by atomic mass is 9.81. The first kappa shape index (κ1) is 20.8. The normalized spacial score (nSPS) is 20.6. The SMILES string of the molecule is Cc1cnn(-c2ccc(S(=O)(=O)N3CCC(N)C(C)(C)C3)cc2F)c1.Cl. The van der Waals surface area contributed by atoms with Gasteiger partial charge in [-0.2, -0.15) is 9.40 Å². The molecule has 1 unspecified atom stereocenters. The number of hydrogen-bond donors (Lipinski definition) is 1. The van der Waals surface area contributed by atoms with Crippen LogP contribution in [0.1, 0.15) is 25.8 Å². The third kappa shape index (κ3) is 3.78. The Balaban J connectivity index is 0.00000243. The lowest BCUT2D eigenvalue weighted by Crippen LogP contribution is -2.53. The van der Waals surface area contributed by atoms with Crippen molar-refractivity contribution in [3.8, 4) is 5.69 Å². The zero-order chi connectivity index (χ0) is 18.4. The van der Waals surface area contributed by atoms with E-state index < -0.39 is 15.8 Å². The summed E-state index contributed by atoms with van der Waals surface area (Å²) in [6.45, 7) is 6.40. The van der Waals surface area contributed by atoms with E-state index in [1.54, 1.807) is 12.4 Å². The Labute approximate surface area is 159 Å². The summed E-state index contributed by atoms with van der Waals surface area (Å²) in [4.78, 5) is -0.0519. The first-order valence-electron chi connectivity index (χ1n) is 8.18. The van der Waals surface area contributed by atoms with Crippen LogP contribution < -0.4 is 5.73 Å². The minimum absolute atomic E-state index is 0. The highest BCUT2D eigenvalue weighted by atomic mass is 35.5. The first-order valence-corrected chi connectivity index (χ1v) is 9.62. The van der Waals surface area contributed by atoms with E-state index in [1.807, 2.05) is 20.8 Å². The van der Waals surface area contributed by atoms with Crippen LogP contribution >= 0.6 is 12.4 Å². The van der Waals surface area contributed by atoms with Crippen LogP contribution in [0, 0.1) is 18.2 Å². The van der Waals surface area contributed by atoms with Crippen molar-refractivity contribution >= 4 is 22.4 Å². The fraction of sp³-hybridized carbons (Fsp3) is 0.471. The maximum Gasteiger partial charge on any atom is 0.243 e. The summed E-state index contributed by atoms with van der Waals surface area (Å²) < 4.78 is 43.0. The van der Waals surface area contributed by atoms with Crippen molar-refractivity contribution in [3.05, 3.63) is 42.0 Å². The Morgan fingerprint density at radius 1 is 1.35 bits per heavy atom. The molecule has 2 aromatic rings. The lowest BCUT2D eigenvalue weighted by molar-refractivity contribution is 0.155. The molecule has 0 radical (unpaired) electrons. The van der Waals surface area contributed by atoms with Crippen molar-refractivity contribution in [2.45, 2.75) is 38.1 Å². The zero-order valence-electron chi connectivity index (χ0n) is 15.0. The topological polar surface area (TPSA) is 81.2 Å². The number of hydrogen-bond acceptors (Lipinski definition) is 4. The molecule has 1 aliphatic heterocycles. The fourth-order valence-electron chi connectivity index (χ4n) is 3.06. The van der Waals surface area contributed by atoms with E-state index in [0.717, 1.165) is 11.6 Å². The van der Waals surface area contributed by atoms with Crippen molar-refractivity contribution in [3.63, 3.8) is 0 Å². The average Bonchev–Trinajstić information content (AvgIpc) is 2.96. The van der Waals surface area contributed by atoms with Crippen LogP contribution in [0.3, 0.4) is 0 Å². The molecule has 1 aromatic heterocycles. The molecule has 0 aliphatic carbocycles. The van der Waals surface area contributed by atoms with Gasteiger partial charge in [0.1, 0.15) is 11.5 Å². The van der Waals surface area contributed by atoms with E-state index in [-0.39, 0.29) is 34.4 Å². The van der Waals surface area contributed by atoms with Gasteiger partial charge in [0.2, 0.25) is 10.0 Å². The molecule has 26 heavy (non-hydrogen) atoms. The number of sulfonamides is 1. The molecule has 1 saturated heterocycles. The molecule has 6 nitrogen and oxygen atoms in total. The van der Waals surface area contributed by atoms with Gasteiger partial charge in [0, 0.05) is 25.3 Å². The van der Waals surface area contributed by atoms with Crippen LogP contribution in [-0.4, -0.2) is 41.6 Å². The maximum atomic E-state index is 14.5. The van der Waals surface area contributed by atoms with Gasteiger partial charge in [0.05, 0.1) is 11.1 Å². The van der Waals surface area contributed by atoms with Crippen LogP contribution in [0.2, 0.25) is 0 Å². The maximum absolute atomic E-state index is 14.5. The highest BCUT2D eigenvalue weighted by molar-refractivity contribution is 7.89. The van der Waals surface area contributed by atoms with Gasteiger partial charge in [-0.1, -0.05) is 13.8 Å². The molecule has 0 bridgehead atoms. The Kier molecular flexibility index (Phi) is 5.82. The monoisotopic (exact) mass is 402 g/mol. The molecule has 9 heteroatoms. The predicted octanol–water partition coefficient (Wildman–Crippen LogP) is 2.49. The van der Waals surface area contributed by atoms with Crippen LogP contribution in [-0.2, 0) is 10.0 Å². The van der Waals surface area contributed by atoms with E-state index in [2.05, 4.69) is 5.10 Å². The third-order valence-corrected chi connectivity index (χ3v) is 6.63. The average molecular weight is 403 g/mol. The van der Waals surface area contributed by atoms with E-state index in [4.69, 9.17) is 5.73 Å². The van der Waals surface area contributed by atoms with Crippen LogP contribution in [0.15, 0.2) is 35.5 Å². The predicted molar refractivity (Wildman–Crippen MR) is 101 cm³/mol. The number of benzene rings is 1. The summed E-state index contributed by atoms with van der Waals surface area (Å²) >= 11 is 0. The van der Waals surface area contributed by atoms with Gasteiger partial charge in [0.15, 0.2) is 0 Å². The third-order valence-electron chi connectivity index (χ3n) is 4.79. The lowest BCUT2D eigenvalue weighted by Gasteiger charge is -2.41. The van der Waals surface area contributed by atoms with Crippen molar-refractivity contribution in [1.82, 2.24) is 14.1 Å². The summed E-state index contributed by atoms with van der Waals surface area (Å²) in [5.41, 5.74) is 6.86. The van der Waals surface area contributed by atoms with Gasteiger partial charge < -0.3 is 5.73 Å². The molecule has 2 heterocycles. The van der Waals surface area contributed by atoms with Gasteiger partial charge in [-0.05, 0) is 42.5 Å². The van der Waals surface area contributed by atoms with Gasteiger partial charge in [-0.3, -0.25) is 0 Å². The molecule has 1 aliphatic rings.